The summed E-state index contributed by atoms with van der Waals surface area (Å²) in [7, 11) is 3.55. The second kappa shape index (κ2) is 13.5. The molecule has 2 aromatic carbocycles. The molecule has 6 rings (SSSR count). The van der Waals surface area contributed by atoms with Crippen molar-refractivity contribution in [1.82, 2.24) is 20.2 Å². The number of amides is 1. The molecule has 3 fully saturated rings. The van der Waals surface area contributed by atoms with Crippen molar-refractivity contribution < 1.29 is 28.9 Å². The van der Waals surface area contributed by atoms with E-state index in [1.54, 1.807) is 14.0 Å². The number of nitrogens with zero attached hydrogens (tertiary/aromatic N) is 3. The van der Waals surface area contributed by atoms with Crippen molar-refractivity contribution in [2.24, 2.45) is 17.8 Å². The molecule has 0 spiro atoms. The molecule has 1 aromatic heterocycles. The predicted octanol–water partition coefficient (Wildman–Crippen LogP) is 5.04. The maximum Gasteiger partial charge on any atom is 0.332 e. The van der Waals surface area contributed by atoms with Gasteiger partial charge in [0.05, 0.1) is 24.6 Å². The van der Waals surface area contributed by atoms with E-state index < -0.39 is 29.7 Å². The Morgan fingerprint density at radius 1 is 1.09 bits per heavy atom. The quantitative estimate of drug-likeness (QED) is 0.361. The molecule has 3 aliphatic rings. The second-order valence-electron chi connectivity index (χ2n) is 13.2. The maximum absolute atomic E-state index is 14.1. The van der Waals surface area contributed by atoms with Crippen molar-refractivity contribution >= 4 is 22.8 Å². The fraction of sp³-hybridized carbons (Fsp3) is 0.556. The molecule has 2 aliphatic carbocycles. The normalized spacial score (nSPS) is 28.8. The first kappa shape index (κ1) is 32.2. The number of esters is 1. The van der Waals surface area contributed by atoms with E-state index >= 15 is 0 Å². The molecule has 10 nitrogen and oxygen atoms in total. The lowest BCUT2D eigenvalue weighted by molar-refractivity contribution is -0.150. The highest BCUT2D eigenvalue weighted by molar-refractivity contribution is 5.92. The summed E-state index contributed by atoms with van der Waals surface area (Å²) in [5.41, 5.74) is 1.48. The van der Waals surface area contributed by atoms with Crippen LogP contribution in [0.4, 0.5) is 0 Å². The Morgan fingerprint density at radius 3 is 2.63 bits per heavy atom. The number of rotatable bonds is 6. The van der Waals surface area contributed by atoms with Crippen molar-refractivity contribution in [3.8, 4) is 23.0 Å². The van der Waals surface area contributed by atoms with Crippen LogP contribution >= 0.6 is 0 Å². The van der Waals surface area contributed by atoms with Gasteiger partial charge < -0.3 is 24.6 Å². The number of aryl methyl sites for hydroxylation is 1. The third-order valence-electron chi connectivity index (χ3n) is 10.2. The zero-order valence-electron chi connectivity index (χ0n) is 27.3. The molecule has 10 heteroatoms. The smallest absolute Gasteiger partial charge is 0.332 e. The van der Waals surface area contributed by atoms with E-state index in [1.165, 1.54) is 0 Å². The first-order chi connectivity index (χ1) is 22.3. The summed E-state index contributed by atoms with van der Waals surface area (Å²) in [6.45, 7) is 4.76. The van der Waals surface area contributed by atoms with Crippen LogP contribution in [0.1, 0.15) is 63.9 Å². The Hall–Kier alpha value is -3.76. The third-order valence-corrected chi connectivity index (χ3v) is 10.2. The average Bonchev–Trinajstić information content (AvgIpc) is 3.59. The van der Waals surface area contributed by atoms with Crippen molar-refractivity contribution in [1.29, 1.82) is 0 Å². The van der Waals surface area contributed by atoms with Gasteiger partial charge in [-0.1, -0.05) is 49.6 Å². The van der Waals surface area contributed by atoms with Crippen LogP contribution in [0.3, 0.4) is 0 Å². The Morgan fingerprint density at radius 2 is 1.87 bits per heavy atom. The lowest BCUT2D eigenvalue weighted by Gasteiger charge is -2.32. The summed E-state index contributed by atoms with van der Waals surface area (Å²) in [5, 5.41) is 15.5. The Bertz CT molecular complexity index is 1570. The van der Waals surface area contributed by atoms with Gasteiger partial charge in [0.1, 0.15) is 23.6 Å². The highest BCUT2D eigenvalue weighted by Gasteiger charge is 2.62. The molecule has 246 valence electrons. The van der Waals surface area contributed by atoms with Crippen LogP contribution in [0, 0.1) is 24.7 Å². The zero-order chi connectivity index (χ0) is 32.4. The number of hydrogen-bond donors (Lipinski definition) is 2. The van der Waals surface area contributed by atoms with Gasteiger partial charge in [-0.15, -0.1) is 0 Å². The lowest BCUT2D eigenvalue weighted by atomic mass is 9.92. The topological polar surface area (TPSA) is 123 Å². The fourth-order valence-corrected chi connectivity index (χ4v) is 7.49. The molecular weight excluding hydrogens is 584 g/mol. The summed E-state index contributed by atoms with van der Waals surface area (Å²) in [4.78, 5) is 39.0. The minimum absolute atomic E-state index is 0.0713. The number of aliphatic hydroxyl groups is 1. The van der Waals surface area contributed by atoms with Crippen molar-refractivity contribution in [3.63, 3.8) is 0 Å². The summed E-state index contributed by atoms with van der Waals surface area (Å²) in [6, 6.07) is 13.5. The van der Waals surface area contributed by atoms with Gasteiger partial charge in [0.25, 0.3) is 0 Å². The highest BCUT2D eigenvalue weighted by Crippen LogP contribution is 2.49. The minimum Gasteiger partial charge on any atom is -0.496 e. The predicted molar refractivity (Wildman–Crippen MR) is 174 cm³/mol. The summed E-state index contributed by atoms with van der Waals surface area (Å²) in [5.74, 6) is 0.226. The third kappa shape index (κ3) is 6.29. The minimum atomic E-state index is -0.985. The van der Waals surface area contributed by atoms with Crippen LogP contribution in [0.2, 0.25) is 0 Å². The average molecular weight is 631 g/mol. The standard InChI is InChI=1S/C36H46N4O6/c1-5-45-35(43)36-21-24(36)15-11-6-7-12-18-40(3)34(42)28-20-25(19-27(28)32(41)39-36)46-33-26-16-17-29(44-4)22(2)30(26)37-31(38-33)23-13-9-8-10-14-23/h8-10,13-14,16-17,24-25,27-28,34,42H,5-7,11-12,15,18-21H2,1-4H3,(H,39,41)/t24-,25-,27-,28-,34?,36-/m1/s1. The molecule has 1 saturated heterocycles. The number of carbonyl (C=O) groups excluding carboxylic acids is 2. The van der Waals surface area contributed by atoms with Crippen LogP contribution in [-0.2, 0) is 14.3 Å². The number of carbonyl (C=O) groups is 2. The van der Waals surface area contributed by atoms with Gasteiger partial charge >= 0.3 is 5.97 Å². The van der Waals surface area contributed by atoms with Crippen LogP contribution in [0.25, 0.3) is 22.3 Å². The summed E-state index contributed by atoms with van der Waals surface area (Å²) in [6.07, 6.45) is 5.15. The molecule has 0 bridgehead atoms. The molecule has 1 unspecified atom stereocenters. The van der Waals surface area contributed by atoms with Gasteiger partial charge in [0.2, 0.25) is 11.8 Å². The molecule has 1 aliphatic heterocycles. The monoisotopic (exact) mass is 630 g/mol. The molecule has 3 aromatic rings. The number of aliphatic hydroxyl groups excluding tert-OH is 1. The van der Waals surface area contributed by atoms with Crippen LogP contribution in [-0.4, -0.2) is 77.0 Å². The van der Waals surface area contributed by atoms with E-state index in [-0.39, 0.29) is 24.4 Å². The number of nitrogens with one attached hydrogen (secondary N) is 1. The van der Waals surface area contributed by atoms with E-state index in [2.05, 4.69) is 5.32 Å². The molecule has 6 atom stereocenters. The number of aromatic nitrogens is 2. The zero-order valence-corrected chi connectivity index (χ0v) is 27.3. The van der Waals surface area contributed by atoms with E-state index in [4.69, 9.17) is 24.2 Å². The molecule has 2 heterocycles. The van der Waals surface area contributed by atoms with Gasteiger partial charge in [0.15, 0.2) is 5.82 Å². The van der Waals surface area contributed by atoms with Crippen LogP contribution in [0.15, 0.2) is 42.5 Å². The molecule has 1 amide bonds. The highest BCUT2D eigenvalue weighted by atomic mass is 16.5. The second-order valence-corrected chi connectivity index (χ2v) is 13.2. The first-order valence-electron chi connectivity index (χ1n) is 16.7. The van der Waals surface area contributed by atoms with Gasteiger partial charge in [-0.25, -0.2) is 9.78 Å². The van der Waals surface area contributed by atoms with E-state index in [0.717, 1.165) is 66.4 Å². The maximum atomic E-state index is 14.1. The van der Waals surface area contributed by atoms with Crippen LogP contribution < -0.4 is 14.8 Å². The molecule has 46 heavy (non-hydrogen) atoms. The number of methoxy groups -OCH3 is 1. The lowest BCUT2D eigenvalue weighted by Crippen LogP contribution is -2.51. The SMILES string of the molecule is CCOC(=O)[C@@]12C[C@H]1CCCCCCN(C)C(O)[C@@H]1C[C@H](Oc3nc(-c4ccccc4)nc4c(C)c(OC)ccc34)C[C@H]1C(=O)N2. The van der Waals surface area contributed by atoms with Gasteiger partial charge in [-0.05, 0) is 71.0 Å². The van der Waals surface area contributed by atoms with Gasteiger partial charge in [-0.2, -0.15) is 4.98 Å². The number of fused-ring (bicyclic) bond motifs is 3. The molecule has 0 radical (unpaired) electrons. The number of ether oxygens (including phenoxy) is 3. The largest absolute Gasteiger partial charge is 0.496 e. The summed E-state index contributed by atoms with van der Waals surface area (Å²) >= 11 is 0. The fourth-order valence-electron chi connectivity index (χ4n) is 7.49. The van der Waals surface area contributed by atoms with Crippen molar-refractivity contribution in [2.75, 3.05) is 27.3 Å². The van der Waals surface area contributed by atoms with E-state index in [0.29, 0.717) is 31.0 Å². The van der Waals surface area contributed by atoms with Crippen LogP contribution in [0.5, 0.6) is 11.6 Å². The Labute approximate surface area is 270 Å². The number of hydrogen-bond acceptors (Lipinski definition) is 9. The van der Waals surface area contributed by atoms with E-state index in [1.807, 2.05) is 61.3 Å². The van der Waals surface area contributed by atoms with Crippen molar-refractivity contribution in [2.45, 2.75) is 83.1 Å². The Balaban J connectivity index is 1.33. The van der Waals surface area contributed by atoms with Crippen molar-refractivity contribution in [3.05, 3.63) is 48.0 Å². The van der Waals surface area contributed by atoms with E-state index in [9.17, 15) is 14.7 Å². The van der Waals surface area contributed by atoms with Gasteiger partial charge in [0, 0.05) is 29.5 Å². The molecular formula is C36H46N4O6. The Kier molecular flexibility index (Phi) is 9.47. The number of benzene rings is 2. The summed E-state index contributed by atoms with van der Waals surface area (Å²) < 4.78 is 17.7. The van der Waals surface area contributed by atoms with Gasteiger partial charge in [-0.3, -0.25) is 9.69 Å². The molecule has 2 saturated carbocycles. The first-order valence-corrected chi connectivity index (χ1v) is 16.7. The molecule has 2 N–H and O–H groups in total.